The van der Waals surface area contributed by atoms with Crippen LogP contribution < -0.4 is 0 Å². The number of hydrogen-bond acceptors (Lipinski definition) is 5. The lowest BCUT2D eigenvalue weighted by atomic mass is 10.1. The van der Waals surface area contributed by atoms with Gasteiger partial charge in [-0.05, 0) is 26.2 Å². The first-order valence-corrected chi connectivity index (χ1v) is 18.3. The highest BCUT2D eigenvalue weighted by Crippen LogP contribution is 2.67. The standard InChI is InChI=1S/C26H55N4O2PS3/c1-9-12-15-18-21-29(22-19-16-13-10-2)26(31)30(23-20-17-14-11-3)36-28(8)33(32,35-24(4)5)27(7)25(6)34/h24H,9-23H2,1-8H3. The van der Waals surface area contributed by atoms with Crippen LogP contribution in [0.5, 0.6) is 0 Å². The molecular formula is C26H55N4O2PS3. The molecule has 0 aromatic heterocycles. The Morgan fingerprint density at radius 2 is 1.25 bits per heavy atom. The van der Waals surface area contributed by atoms with Crippen molar-refractivity contribution in [2.75, 3.05) is 33.7 Å². The Labute approximate surface area is 237 Å². The van der Waals surface area contributed by atoms with E-state index >= 15 is 0 Å². The molecule has 0 aromatic carbocycles. The van der Waals surface area contributed by atoms with Crippen LogP contribution in [0.4, 0.5) is 4.79 Å². The fraction of sp³-hybridized carbons (Fsp3) is 0.923. The molecule has 0 saturated carbocycles. The van der Waals surface area contributed by atoms with E-state index in [0.29, 0.717) is 11.5 Å². The molecule has 10 heteroatoms. The molecular weight excluding hydrogens is 527 g/mol. The maximum Gasteiger partial charge on any atom is 0.331 e. The first-order chi connectivity index (χ1) is 17.0. The molecule has 0 bridgehead atoms. The van der Waals surface area contributed by atoms with Gasteiger partial charge < -0.3 is 4.90 Å². The van der Waals surface area contributed by atoms with Crippen molar-refractivity contribution in [2.24, 2.45) is 0 Å². The zero-order valence-electron chi connectivity index (χ0n) is 24.5. The highest BCUT2D eigenvalue weighted by molar-refractivity contribution is 8.58. The Balaban J connectivity index is 5.77. The average molecular weight is 583 g/mol. The molecule has 1 unspecified atom stereocenters. The summed E-state index contributed by atoms with van der Waals surface area (Å²) in [6.07, 6.45) is 13.5. The molecule has 0 aliphatic heterocycles. The van der Waals surface area contributed by atoms with Crippen LogP contribution in [0.15, 0.2) is 0 Å². The number of rotatable bonds is 21. The first kappa shape index (κ1) is 36.0. The smallest absolute Gasteiger partial charge is 0.324 e. The van der Waals surface area contributed by atoms with Crippen molar-refractivity contribution in [2.45, 2.75) is 124 Å². The van der Waals surface area contributed by atoms with Crippen LogP contribution in [-0.4, -0.2) is 68.0 Å². The second kappa shape index (κ2) is 20.9. The molecule has 36 heavy (non-hydrogen) atoms. The lowest BCUT2D eigenvalue weighted by Gasteiger charge is -2.38. The fourth-order valence-electron chi connectivity index (χ4n) is 3.74. The number of carbonyl (C=O) groups excluding carboxylic acids is 1. The third-order valence-corrected chi connectivity index (χ3v) is 14.4. The molecule has 0 heterocycles. The summed E-state index contributed by atoms with van der Waals surface area (Å²) in [5.41, 5.74) is 0. The Hall–Kier alpha value is 0.0500. The van der Waals surface area contributed by atoms with E-state index in [2.05, 4.69) is 20.8 Å². The number of amides is 2. The summed E-state index contributed by atoms with van der Waals surface area (Å²) in [5, 5.41) is 0.165. The molecule has 0 aliphatic carbocycles. The van der Waals surface area contributed by atoms with Gasteiger partial charge in [0.2, 0.25) is 0 Å². The van der Waals surface area contributed by atoms with Crippen LogP contribution in [0, 0.1) is 0 Å². The lowest BCUT2D eigenvalue weighted by Crippen LogP contribution is -2.43. The highest BCUT2D eigenvalue weighted by atomic mass is 32.7. The highest BCUT2D eigenvalue weighted by Gasteiger charge is 2.38. The second-order valence-corrected chi connectivity index (χ2v) is 17.2. The van der Waals surface area contributed by atoms with Gasteiger partial charge in [0.05, 0.1) is 17.1 Å². The van der Waals surface area contributed by atoms with Crippen LogP contribution in [0.25, 0.3) is 0 Å². The van der Waals surface area contributed by atoms with Crippen molar-refractivity contribution in [3.63, 3.8) is 0 Å². The number of unbranched alkanes of at least 4 members (excludes halogenated alkanes) is 9. The minimum Gasteiger partial charge on any atom is -0.324 e. The van der Waals surface area contributed by atoms with Gasteiger partial charge in [0.15, 0.2) is 0 Å². The average Bonchev–Trinajstić information content (AvgIpc) is 2.83. The molecule has 0 saturated heterocycles. The third kappa shape index (κ3) is 14.3. The molecule has 0 aromatic rings. The Morgan fingerprint density at radius 1 is 0.806 bits per heavy atom. The van der Waals surface area contributed by atoms with Gasteiger partial charge in [-0.3, -0.25) is 13.5 Å². The fourth-order valence-corrected chi connectivity index (χ4v) is 10.9. The quantitative estimate of drug-likeness (QED) is 0.0578. The summed E-state index contributed by atoms with van der Waals surface area (Å²) in [7, 11) is 3.64. The molecule has 0 N–H and O–H groups in total. The van der Waals surface area contributed by atoms with Gasteiger partial charge in [-0.2, -0.15) is 4.08 Å². The number of carbonyl (C=O) groups is 1. The van der Waals surface area contributed by atoms with Gasteiger partial charge in [-0.25, -0.2) is 4.79 Å². The van der Waals surface area contributed by atoms with E-state index < -0.39 is 6.65 Å². The predicted octanol–water partition coefficient (Wildman–Crippen LogP) is 9.48. The summed E-state index contributed by atoms with van der Waals surface area (Å²) in [6.45, 7) is 11.7. The Bertz CT molecular complexity index is 643. The molecule has 2 amide bonds. The topological polar surface area (TPSA) is 47.1 Å². The SMILES string of the molecule is CCCCCCN(CCCCCC)C(=O)N(CCCCCC)SN(C)P(=O)(SC(C)C)N(C)C(C)=S. The van der Waals surface area contributed by atoms with Crippen molar-refractivity contribution < 1.29 is 9.36 Å². The molecule has 6 nitrogen and oxygen atoms in total. The first-order valence-electron chi connectivity index (χ1n) is 14.1. The largest absolute Gasteiger partial charge is 0.331 e. The lowest BCUT2D eigenvalue weighted by molar-refractivity contribution is 0.177. The van der Waals surface area contributed by atoms with Crippen LogP contribution in [0.2, 0.25) is 0 Å². The number of nitrogens with zero attached hydrogens (tertiary/aromatic N) is 4. The van der Waals surface area contributed by atoms with Gasteiger partial charge in [0.25, 0.3) is 0 Å². The summed E-state index contributed by atoms with van der Waals surface area (Å²) in [4.78, 5) is 16.5. The summed E-state index contributed by atoms with van der Waals surface area (Å²) >= 11 is 8.14. The molecule has 0 rings (SSSR count). The van der Waals surface area contributed by atoms with Crippen LogP contribution >= 0.6 is 42.4 Å². The Kier molecular flexibility index (Phi) is 21.0. The molecule has 0 fully saturated rings. The molecule has 0 spiro atoms. The van der Waals surface area contributed by atoms with Crippen LogP contribution in [0.1, 0.15) is 119 Å². The van der Waals surface area contributed by atoms with E-state index in [1.807, 2.05) is 37.0 Å². The second-order valence-electron chi connectivity index (χ2n) is 9.79. The summed E-state index contributed by atoms with van der Waals surface area (Å²) in [5.74, 6) is 0. The summed E-state index contributed by atoms with van der Waals surface area (Å²) < 4.78 is 19.6. The van der Waals surface area contributed by atoms with Gasteiger partial charge >= 0.3 is 12.7 Å². The van der Waals surface area contributed by atoms with Crippen molar-refractivity contribution in [3.05, 3.63) is 0 Å². The number of thiocarbonyl (C=S) groups is 1. The molecule has 214 valence electrons. The van der Waals surface area contributed by atoms with E-state index in [1.165, 1.54) is 49.2 Å². The van der Waals surface area contributed by atoms with Crippen molar-refractivity contribution in [1.29, 1.82) is 0 Å². The number of urea groups is 1. The maximum absolute atomic E-state index is 14.2. The number of hydrogen-bond donors (Lipinski definition) is 0. The maximum atomic E-state index is 14.2. The third-order valence-electron chi connectivity index (χ3n) is 6.02. The summed E-state index contributed by atoms with van der Waals surface area (Å²) in [6, 6.07) is 0.0548. The van der Waals surface area contributed by atoms with Gasteiger partial charge in [0, 0.05) is 39.0 Å². The molecule has 0 aliphatic rings. The van der Waals surface area contributed by atoms with E-state index in [-0.39, 0.29) is 11.3 Å². The Morgan fingerprint density at radius 3 is 1.64 bits per heavy atom. The van der Waals surface area contributed by atoms with Crippen molar-refractivity contribution >= 4 is 53.4 Å². The monoisotopic (exact) mass is 582 g/mol. The van der Waals surface area contributed by atoms with E-state index in [9.17, 15) is 9.36 Å². The van der Waals surface area contributed by atoms with Gasteiger partial charge in [-0.1, -0.05) is 116 Å². The van der Waals surface area contributed by atoms with Crippen molar-refractivity contribution in [3.8, 4) is 0 Å². The van der Waals surface area contributed by atoms with E-state index in [1.54, 1.807) is 15.8 Å². The van der Waals surface area contributed by atoms with Gasteiger partial charge in [0.1, 0.15) is 0 Å². The zero-order valence-corrected chi connectivity index (χ0v) is 27.8. The van der Waals surface area contributed by atoms with Crippen LogP contribution in [0.3, 0.4) is 0 Å². The zero-order chi connectivity index (χ0) is 27.6. The van der Waals surface area contributed by atoms with Crippen molar-refractivity contribution in [1.82, 2.24) is 18.0 Å². The molecule has 0 radical (unpaired) electrons. The normalized spacial score (nSPS) is 13.2. The van der Waals surface area contributed by atoms with E-state index in [0.717, 1.165) is 64.5 Å². The minimum atomic E-state index is -3.05. The van der Waals surface area contributed by atoms with E-state index in [4.69, 9.17) is 12.2 Å². The minimum absolute atomic E-state index is 0.0548. The van der Waals surface area contributed by atoms with Crippen LogP contribution in [-0.2, 0) is 4.57 Å². The predicted molar refractivity (Wildman–Crippen MR) is 168 cm³/mol. The van der Waals surface area contributed by atoms with Gasteiger partial charge in [-0.15, -0.1) is 0 Å². The molecule has 1 atom stereocenters.